The lowest BCUT2D eigenvalue weighted by Gasteiger charge is -2.41. The Morgan fingerprint density at radius 2 is 1.21 bits per heavy atom. The summed E-state index contributed by atoms with van der Waals surface area (Å²) in [5.41, 5.74) is 0. The highest BCUT2D eigenvalue weighted by atomic mass is 16.5. The molecule has 1 heteroatoms. The summed E-state index contributed by atoms with van der Waals surface area (Å²) >= 11 is 0. The Bertz CT molecular complexity index is 389. The van der Waals surface area contributed by atoms with E-state index in [2.05, 4.69) is 13.8 Å². The second-order valence-corrected chi connectivity index (χ2v) is 10.7. The van der Waals surface area contributed by atoms with Gasteiger partial charge in [0.05, 0.1) is 6.10 Å². The molecule has 0 heterocycles. The maximum absolute atomic E-state index is 6.21. The van der Waals surface area contributed by atoms with Crippen molar-refractivity contribution in [3.8, 4) is 0 Å². The minimum absolute atomic E-state index is 0.589. The molecule has 0 spiro atoms. The molecular formula is C27H50O. The van der Waals surface area contributed by atoms with Crippen molar-refractivity contribution in [2.24, 2.45) is 29.6 Å². The largest absolute Gasteiger partial charge is 0.378 e. The summed E-state index contributed by atoms with van der Waals surface area (Å²) in [6.07, 6.45) is 26.9. The van der Waals surface area contributed by atoms with Crippen LogP contribution in [0.3, 0.4) is 0 Å². The molecule has 2 atom stereocenters. The average molecular weight is 391 g/mol. The Morgan fingerprint density at radius 3 is 1.86 bits per heavy atom. The lowest BCUT2D eigenvalue weighted by molar-refractivity contribution is -0.00500. The van der Waals surface area contributed by atoms with Crippen molar-refractivity contribution in [2.75, 3.05) is 6.61 Å². The molecule has 3 fully saturated rings. The monoisotopic (exact) mass is 390 g/mol. The van der Waals surface area contributed by atoms with Gasteiger partial charge >= 0.3 is 0 Å². The highest BCUT2D eigenvalue weighted by molar-refractivity contribution is 4.86. The minimum Gasteiger partial charge on any atom is -0.378 e. The van der Waals surface area contributed by atoms with E-state index in [1.807, 2.05) is 0 Å². The molecule has 3 aliphatic carbocycles. The summed E-state index contributed by atoms with van der Waals surface area (Å²) in [4.78, 5) is 0. The Morgan fingerprint density at radius 1 is 0.607 bits per heavy atom. The van der Waals surface area contributed by atoms with Crippen molar-refractivity contribution in [1.82, 2.24) is 0 Å². The lowest BCUT2D eigenvalue weighted by Crippen LogP contribution is -2.32. The van der Waals surface area contributed by atoms with Gasteiger partial charge in [-0.2, -0.15) is 0 Å². The Kier molecular flexibility index (Phi) is 10.2. The average Bonchev–Trinajstić information content (AvgIpc) is 2.75. The van der Waals surface area contributed by atoms with Crippen LogP contribution >= 0.6 is 0 Å². The van der Waals surface area contributed by atoms with E-state index in [9.17, 15) is 0 Å². The third-order valence-corrected chi connectivity index (χ3v) is 8.78. The van der Waals surface area contributed by atoms with E-state index in [0.717, 1.165) is 36.2 Å². The van der Waals surface area contributed by atoms with Crippen LogP contribution in [0.1, 0.15) is 129 Å². The highest BCUT2D eigenvalue weighted by Gasteiger charge is 2.35. The van der Waals surface area contributed by atoms with E-state index >= 15 is 0 Å². The molecule has 0 bridgehead atoms. The summed E-state index contributed by atoms with van der Waals surface area (Å²) in [6, 6.07) is 0. The molecule has 1 nitrogen and oxygen atoms in total. The topological polar surface area (TPSA) is 9.23 Å². The summed E-state index contributed by atoms with van der Waals surface area (Å²) in [5.74, 6) is 5.24. The highest BCUT2D eigenvalue weighted by Crippen LogP contribution is 2.46. The van der Waals surface area contributed by atoms with Crippen LogP contribution in [0.15, 0.2) is 0 Å². The van der Waals surface area contributed by atoms with Crippen LogP contribution < -0.4 is 0 Å². The minimum atomic E-state index is 0.589. The Hall–Kier alpha value is -0.0400. The van der Waals surface area contributed by atoms with Gasteiger partial charge in [0.15, 0.2) is 0 Å². The van der Waals surface area contributed by atoms with Crippen LogP contribution in [0.25, 0.3) is 0 Å². The molecule has 0 amide bonds. The molecule has 0 aliphatic heterocycles. The van der Waals surface area contributed by atoms with Gasteiger partial charge in [-0.05, 0) is 93.8 Å². The molecule has 0 saturated heterocycles. The van der Waals surface area contributed by atoms with E-state index in [0.29, 0.717) is 6.10 Å². The van der Waals surface area contributed by atoms with E-state index in [1.165, 1.54) is 77.0 Å². The molecule has 164 valence electrons. The van der Waals surface area contributed by atoms with Crippen LogP contribution in [0.5, 0.6) is 0 Å². The summed E-state index contributed by atoms with van der Waals surface area (Å²) in [7, 11) is 0. The first-order valence-corrected chi connectivity index (χ1v) is 13.4. The SMILES string of the molecule is CCCCC[C@H]1CC[C@H](C2CCC([C@H]3CCC[C@@H](OCCCC)C3)CC2)CC1. The second kappa shape index (κ2) is 12.6. The van der Waals surface area contributed by atoms with Crippen molar-refractivity contribution in [2.45, 2.75) is 136 Å². The summed E-state index contributed by atoms with van der Waals surface area (Å²) in [5, 5.41) is 0. The van der Waals surface area contributed by atoms with Crippen LogP contribution in [-0.4, -0.2) is 12.7 Å². The Balaban J connectivity index is 1.33. The number of rotatable bonds is 10. The molecule has 0 aromatic carbocycles. The molecular weight excluding hydrogens is 340 g/mol. The second-order valence-electron chi connectivity index (χ2n) is 10.7. The summed E-state index contributed by atoms with van der Waals surface area (Å²) < 4.78 is 6.21. The van der Waals surface area contributed by atoms with E-state index < -0.39 is 0 Å². The van der Waals surface area contributed by atoms with Crippen LogP contribution in [0.4, 0.5) is 0 Å². The van der Waals surface area contributed by atoms with Gasteiger partial charge in [0.25, 0.3) is 0 Å². The van der Waals surface area contributed by atoms with Crippen LogP contribution in [0.2, 0.25) is 0 Å². The molecule has 3 aliphatic rings. The maximum Gasteiger partial charge on any atom is 0.0577 e. The molecule has 0 unspecified atom stereocenters. The van der Waals surface area contributed by atoms with E-state index in [4.69, 9.17) is 4.74 Å². The van der Waals surface area contributed by atoms with Crippen LogP contribution in [0, 0.1) is 29.6 Å². The molecule has 0 aromatic rings. The van der Waals surface area contributed by atoms with Gasteiger partial charge in [-0.3, -0.25) is 0 Å². The first-order chi connectivity index (χ1) is 13.8. The predicted octanol–water partition coefficient (Wildman–Crippen LogP) is 8.56. The normalized spacial score (nSPS) is 37.1. The smallest absolute Gasteiger partial charge is 0.0577 e. The molecule has 3 saturated carbocycles. The third-order valence-electron chi connectivity index (χ3n) is 8.78. The van der Waals surface area contributed by atoms with Gasteiger partial charge in [0.2, 0.25) is 0 Å². The van der Waals surface area contributed by atoms with Crippen molar-refractivity contribution < 1.29 is 4.74 Å². The van der Waals surface area contributed by atoms with Gasteiger partial charge < -0.3 is 4.74 Å². The van der Waals surface area contributed by atoms with Crippen molar-refractivity contribution in [1.29, 1.82) is 0 Å². The summed E-state index contributed by atoms with van der Waals surface area (Å²) in [6.45, 7) is 5.60. The zero-order valence-electron chi connectivity index (χ0n) is 19.3. The fourth-order valence-corrected chi connectivity index (χ4v) is 6.87. The van der Waals surface area contributed by atoms with Crippen molar-refractivity contribution in [3.05, 3.63) is 0 Å². The Labute approximate surface area is 176 Å². The molecule has 0 aromatic heterocycles. The zero-order valence-corrected chi connectivity index (χ0v) is 19.3. The van der Waals surface area contributed by atoms with Crippen LogP contribution in [-0.2, 0) is 4.74 Å². The number of ether oxygens (including phenoxy) is 1. The standard InChI is InChI=1S/C27H50O/c1-3-5-7-9-22-12-14-23(15-13-22)24-16-18-25(19-17-24)26-10-8-11-27(21-26)28-20-6-4-2/h22-27H,3-21H2,1-2H3/t22-,23-,24?,25?,26-,27+/m0/s1. The number of hydrogen-bond donors (Lipinski definition) is 0. The molecule has 0 N–H and O–H groups in total. The maximum atomic E-state index is 6.21. The molecule has 3 rings (SSSR count). The molecule has 28 heavy (non-hydrogen) atoms. The molecule has 0 radical (unpaired) electrons. The third kappa shape index (κ3) is 7.03. The first-order valence-electron chi connectivity index (χ1n) is 13.4. The number of unbranched alkanes of at least 4 members (excludes halogenated alkanes) is 3. The zero-order chi connectivity index (χ0) is 19.6. The van der Waals surface area contributed by atoms with Crippen molar-refractivity contribution in [3.63, 3.8) is 0 Å². The fourth-order valence-electron chi connectivity index (χ4n) is 6.87. The predicted molar refractivity (Wildman–Crippen MR) is 122 cm³/mol. The van der Waals surface area contributed by atoms with Crippen molar-refractivity contribution >= 4 is 0 Å². The van der Waals surface area contributed by atoms with Gasteiger partial charge in [0, 0.05) is 6.61 Å². The lowest BCUT2D eigenvalue weighted by atomic mass is 9.65. The first kappa shape index (κ1) is 22.6. The van der Waals surface area contributed by atoms with Gasteiger partial charge in [-0.25, -0.2) is 0 Å². The fraction of sp³-hybridized carbons (Fsp3) is 1.00. The van der Waals surface area contributed by atoms with Gasteiger partial charge in [-0.15, -0.1) is 0 Å². The van der Waals surface area contributed by atoms with E-state index in [1.54, 1.807) is 38.5 Å². The van der Waals surface area contributed by atoms with Gasteiger partial charge in [0.1, 0.15) is 0 Å². The van der Waals surface area contributed by atoms with E-state index in [-0.39, 0.29) is 0 Å². The van der Waals surface area contributed by atoms with Gasteiger partial charge in [-0.1, -0.05) is 65.2 Å². The number of hydrogen-bond acceptors (Lipinski definition) is 1. The quantitative estimate of drug-likeness (QED) is 0.339.